The van der Waals surface area contributed by atoms with Gasteiger partial charge in [-0.05, 0) is 50.0 Å². The highest BCUT2D eigenvalue weighted by atomic mass is 16.1. The number of rotatable bonds is 0. The van der Waals surface area contributed by atoms with Crippen LogP contribution in [0.25, 0.3) is 22.9 Å². The molecule has 0 saturated heterocycles. The van der Waals surface area contributed by atoms with E-state index >= 15 is 0 Å². The Balaban J connectivity index is 1.89. The lowest BCUT2D eigenvalue weighted by atomic mass is 9.89. The summed E-state index contributed by atoms with van der Waals surface area (Å²) in [6, 6.07) is 20.9. The van der Waals surface area contributed by atoms with Gasteiger partial charge >= 0.3 is 0 Å². The summed E-state index contributed by atoms with van der Waals surface area (Å²) in [5.41, 5.74) is 3.14. The van der Waals surface area contributed by atoms with E-state index in [9.17, 15) is 4.79 Å². The molecule has 2 aliphatic rings. The maximum atomic E-state index is 13.1. The quantitative estimate of drug-likeness (QED) is 0.622. The summed E-state index contributed by atoms with van der Waals surface area (Å²) in [7, 11) is 0. The van der Waals surface area contributed by atoms with E-state index < -0.39 is 0 Å². The molecule has 1 heteroatoms. The lowest BCUT2D eigenvalue weighted by Crippen LogP contribution is -2.28. The fraction of sp³-hybridized carbons (Fsp3) is 0.0870. The number of allylic oxidation sites excluding steroid dienone is 1. The van der Waals surface area contributed by atoms with Gasteiger partial charge in [0.15, 0.2) is 5.78 Å². The Morgan fingerprint density at radius 2 is 1.42 bits per heavy atom. The third-order valence-electron chi connectivity index (χ3n) is 5.24. The molecule has 0 amide bonds. The van der Waals surface area contributed by atoms with Crippen LogP contribution >= 0.6 is 0 Å². The number of hydrogen-bond donors (Lipinski definition) is 0. The number of ketones is 1. The molecule has 2 unspecified atom stereocenters. The van der Waals surface area contributed by atoms with Gasteiger partial charge in [-0.1, -0.05) is 67.3 Å². The van der Waals surface area contributed by atoms with Gasteiger partial charge in [0.25, 0.3) is 0 Å². The molecule has 0 N–H and O–H groups in total. The van der Waals surface area contributed by atoms with Crippen molar-refractivity contribution in [3.8, 4) is 0 Å². The van der Waals surface area contributed by atoms with Crippen molar-refractivity contribution >= 4 is 28.7 Å². The smallest absolute Gasteiger partial charge is 0.155 e. The SMILES string of the molecule is C=C1/C=c2/cccc/c2=C/C2C(=O)C1c1cc3ccccc3cc12. The van der Waals surface area contributed by atoms with Crippen molar-refractivity contribution in [2.75, 3.05) is 0 Å². The van der Waals surface area contributed by atoms with Crippen molar-refractivity contribution in [3.05, 3.63) is 94.4 Å². The summed E-state index contributed by atoms with van der Waals surface area (Å²) >= 11 is 0. The van der Waals surface area contributed by atoms with Crippen LogP contribution in [0.1, 0.15) is 23.0 Å². The summed E-state index contributed by atoms with van der Waals surface area (Å²) < 4.78 is 0. The highest BCUT2D eigenvalue weighted by Gasteiger charge is 2.39. The number of carbonyl (C=O) groups is 1. The van der Waals surface area contributed by atoms with Gasteiger partial charge in [-0.15, -0.1) is 0 Å². The molecule has 0 aliphatic heterocycles. The number of hydrogen-bond acceptors (Lipinski definition) is 1. The minimum Gasteiger partial charge on any atom is -0.298 e. The molecule has 0 fully saturated rings. The lowest BCUT2D eigenvalue weighted by molar-refractivity contribution is -0.118. The van der Waals surface area contributed by atoms with Crippen molar-refractivity contribution in [1.82, 2.24) is 0 Å². The standard InChI is InChI=1S/C23H16O/c1-14-10-15-6-2-3-9-18(15)13-21-19-11-16-7-4-5-8-17(16)12-20(19)22(14)23(21)24/h2-13,21-22H,1H2/b15-10-,18-13-. The van der Waals surface area contributed by atoms with E-state index in [0.717, 1.165) is 27.1 Å². The summed E-state index contributed by atoms with van der Waals surface area (Å²) in [4.78, 5) is 13.1. The van der Waals surface area contributed by atoms with Gasteiger partial charge in [0.1, 0.15) is 0 Å². The van der Waals surface area contributed by atoms with Gasteiger partial charge in [-0.3, -0.25) is 4.79 Å². The molecule has 0 radical (unpaired) electrons. The van der Waals surface area contributed by atoms with Crippen molar-refractivity contribution in [2.45, 2.75) is 11.8 Å². The second-order valence-corrected chi connectivity index (χ2v) is 6.66. The normalized spacial score (nSPS) is 24.2. The summed E-state index contributed by atoms with van der Waals surface area (Å²) in [5, 5.41) is 4.61. The predicted molar refractivity (Wildman–Crippen MR) is 98.2 cm³/mol. The monoisotopic (exact) mass is 308 g/mol. The van der Waals surface area contributed by atoms with Gasteiger partial charge in [-0.2, -0.15) is 0 Å². The Morgan fingerprint density at radius 3 is 2.17 bits per heavy atom. The molecule has 5 rings (SSSR count). The van der Waals surface area contributed by atoms with Crippen LogP contribution in [0.4, 0.5) is 0 Å². The van der Waals surface area contributed by atoms with Gasteiger partial charge in [-0.25, -0.2) is 0 Å². The largest absolute Gasteiger partial charge is 0.298 e. The Labute approximate surface area is 140 Å². The van der Waals surface area contributed by atoms with Crippen LogP contribution in [-0.2, 0) is 4.79 Å². The summed E-state index contributed by atoms with van der Waals surface area (Å²) in [6.45, 7) is 4.23. The van der Waals surface area contributed by atoms with Crippen molar-refractivity contribution < 1.29 is 4.79 Å². The molecular weight excluding hydrogens is 292 g/mol. The van der Waals surface area contributed by atoms with Crippen LogP contribution in [-0.4, -0.2) is 5.78 Å². The second kappa shape index (κ2) is 4.78. The van der Waals surface area contributed by atoms with Crippen LogP contribution in [0.5, 0.6) is 0 Å². The van der Waals surface area contributed by atoms with E-state index in [1.54, 1.807) is 0 Å². The second-order valence-electron chi connectivity index (χ2n) is 6.66. The molecule has 3 aromatic carbocycles. The Hall–Kier alpha value is -2.93. The number of benzene rings is 3. The Kier molecular flexibility index (Phi) is 2.69. The molecule has 24 heavy (non-hydrogen) atoms. The third kappa shape index (κ3) is 1.78. The molecule has 114 valence electrons. The molecule has 3 aromatic rings. The van der Waals surface area contributed by atoms with Crippen LogP contribution in [0.15, 0.2) is 72.8 Å². The Bertz CT molecular complexity index is 1150. The Morgan fingerprint density at radius 1 is 0.792 bits per heavy atom. The van der Waals surface area contributed by atoms with Crippen LogP contribution in [0, 0.1) is 0 Å². The predicted octanol–water partition coefficient (Wildman–Crippen LogP) is 3.42. The summed E-state index contributed by atoms with van der Waals surface area (Å²) in [5.74, 6) is -0.156. The van der Waals surface area contributed by atoms with E-state index in [0.29, 0.717) is 0 Å². The molecule has 2 atom stereocenters. The first-order valence-corrected chi connectivity index (χ1v) is 8.26. The minimum atomic E-state index is -0.223. The molecule has 0 aromatic heterocycles. The fourth-order valence-electron chi connectivity index (χ4n) is 4.09. The van der Waals surface area contributed by atoms with Gasteiger partial charge in [0.05, 0.1) is 11.8 Å². The highest BCUT2D eigenvalue weighted by Crippen LogP contribution is 2.45. The van der Waals surface area contributed by atoms with E-state index in [1.807, 2.05) is 24.3 Å². The van der Waals surface area contributed by atoms with Crippen molar-refractivity contribution in [2.24, 2.45) is 0 Å². The first-order chi connectivity index (χ1) is 11.7. The van der Waals surface area contributed by atoms with Crippen molar-refractivity contribution in [3.63, 3.8) is 0 Å². The molecule has 0 spiro atoms. The first kappa shape index (κ1) is 13.5. The maximum Gasteiger partial charge on any atom is 0.155 e. The molecule has 1 nitrogen and oxygen atoms in total. The van der Waals surface area contributed by atoms with E-state index in [4.69, 9.17) is 0 Å². The highest BCUT2D eigenvalue weighted by molar-refractivity contribution is 6.06. The van der Waals surface area contributed by atoms with E-state index in [1.165, 1.54) is 10.8 Å². The lowest BCUT2D eigenvalue weighted by Gasteiger charge is -2.12. The minimum absolute atomic E-state index is 0.179. The molecule has 0 saturated carbocycles. The maximum absolute atomic E-state index is 13.1. The molecule has 2 bridgehead atoms. The zero-order chi connectivity index (χ0) is 16.3. The molecule has 2 aliphatic carbocycles. The van der Waals surface area contributed by atoms with E-state index in [2.05, 4.69) is 55.1 Å². The zero-order valence-electron chi connectivity index (χ0n) is 13.2. The number of carbonyl (C=O) groups excluding carboxylic acids is 1. The van der Waals surface area contributed by atoms with Crippen LogP contribution in [0.2, 0.25) is 0 Å². The summed E-state index contributed by atoms with van der Waals surface area (Å²) in [6.07, 6.45) is 4.18. The first-order valence-electron chi connectivity index (χ1n) is 8.26. The fourth-order valence-corrected chi connectivity index (χ4v) is 4.09. The third-order valence-corrected chi connectivity index (χ3v) is 5.24. The van der Waals surface area contributed by atoms with Crippen LogP contribution < -0.4 is 10.4 Å². The van der Waals surface area contributed by atoms with Gasteiger partial charge in [0.2, 0.25) is 0 Å². The zero-order valence-corrected chi connectivity index (χ0v) is 13.2. The van der Waals surface area contributed by atoms with Gasteiger partial charge < -0.3 is 0 Å². The number of Topliss-reactive ketones (excluding diaryl/α,β-unsaturated/α-hetero) is 1. The van der Waals surface area contributed by atoms with E-state index in [-0.39, 0.29) is 17.6 Å². The van der Waals surface area contributed by atoms with Crippen molar-refractivity contribution in [1.29, 1.82) is 0 Å². The van der Waals surface area contributed by atoms with Crippen LogP contribution in [0.3, 0.4) is 0 Å². The topological polar surface area (TPSA) is 17.1 Å². The number of fused-ring (bicyclic) bond motifs is 7. The van der Waals surface area contributed by atoms with Gasteiger partial charge in [0, 0.05) is 0 Å². The molecule has 0 heterocycles. The molecular formula is C23H16O. The average Bonchev–Trinajstić information content (AvgIpc) is 2.87. The average molecular weight is 308 g/mol.